The van der Waals surface area contributed by atoms with Crippen LogP contribution in [0.2, 0.25) is 10.0 Å². The predicted octanol–water partition coefficient (Wildman–Crippen LogP) is 4.37. The molecule has 0 bridgehead atoms. The summed E-state index contributed by atoms with van der Waals surface area (Å²) in [5.41, 5.74) is -0.00861. The number of hydrogen-bond donors (Lipinski definition) is 0. The van der Waals surface area contributed by atoms with Crippen molar-refractivity contribution >= 4 is 29.0 Å². The van der Waals surface area contributed by atoms with Gasteiger partial charge in [0.1, 0.15) is 11.6 Å². The summed E-state index contributed by atoms with van der Waals surface area (Å²) >= 11 is 11.9. The second-order valence-corrected chi connectivity index (χ2v) is 4.59. The fraction of sp³-hybridized carbons (Fsp3) is 0.0714. The Kier molecular flexibility index (Phi) is 4.08. The highest BCUT2D eigenvalue weighted by Crippen LogP contribution is 2.28. The summed E-state index contributed by atoms with van der Waals surface area (Å²) in [5, 5.41) is 0.375. The van der Waals surface area contributed by atoms with Crippen LogP contribution in [0.4, 0.5) is 4.39 Å². The Morgan fingerprint density at radius 3 is 2.32 bits per heavy atom. The largest absolute Gasteiger partial charge is 0.497 e. The lowest BCUT2D eigenvalue weighted by Crippen LogP contribution is -2.06. The van der Waals surface area contributed by atoms with Gasteiger partial charge in [0.25, 0.3) is 0 Å². The fourth-order valence-electron chi connectivity index (χ4n) is 1.66. The molecule has 0 amide bonds. The van der Waals surface area contributed by atoms with Gasteiger partial charge in [0.15, 0.2) is 5.78 Å². The van der Waals surface area contributed by atoms with E-state index in [2.05, 4.69) is 0 Å². The standard InChI is InChI=1S/C14H9Cl2FO2/c1-19-8-5-6-9(12(17)7-8)14(18)13-10(15)3-2-4-11(13)16/h2-7H,1H3. The molecular formula is C14H9Cl2FO2. The Morgan fingerprint density at radius 2 is 1.79 bits per heavy atom. The minimum atomic E-state index is -0.680. The van der Waals surface area contributed by atoms with E-state index in [1.165, 1.54) is 31.4 Å². The van der Waals surface area contributed by atoms with Crippen molar-refractivity contribution in [2.75, 3.05) is 7.11 Å². The molecular weight excluding hydrogens is 290 g/mol. The molecule has 2 aromatic rings. The molecule has 0 aliphatic rings. The molecule has 0 aliphatic heterocycles. The molecule has 0 fully saturated rings. The van der Waals surface area contributed by atoms with Crippen LogP contribution in [0.1, 0.15) is 15.9 Å². The lowest BCUT2D eigenvalue weighted by molar-refractivity contribution is 0.103. The van der Waals surface area contributed by atoms with Crippen LogP contribution in [-0.4, -0.2) is 12.9 Å². The van der Waals surface area contributed by atoms with Crippen LogP contribution in [-0.2, 0) is 0 Å². The number of ether oxygens (including phenoxy) is 1. The molecule has 0 aromatic heterocycles. The molecule has 2 nitrogen and oxygen atoms in total. The van der Waals surface area contributed by atoms with Gasteiger partial charge in [0.05, 0.1) is 28.3 Å². The number of ketones is 1. The van der Waals surface area contributed by atoms with Gasteiger partial charge < -0.3 is 4.74 Å². The zero-order valence-electron chi connectivity index (χ0n) is 9.91. The molecule has 0 radical (unpaired) electrons. The zero-order valence-corrected chi connectivity index (χ0v) is 11.4. The van der Waals surface area contributed by atoms with Crippen molar-refractivity contribution in [2.24, 2.45) is 0 Å². The van der Waals surface area contributed by atoms with Crippen LogP contribution in [0.3, 0.4) is 0 Å². The van der Waals surface area contributed by atoms with Gasteiger partial charge in [-0.15, -0.1) is 0 Å². The summed E-state index contributed by atoms with van der Waals surface area (Å²) < 4.78 is 18.7. The van der Waals surface area contributed by atoms with Crippen LogP contribution in [0.5, 0.6) is 5.75 Å². The predicted molar refractivity (Wildman–Crippen MR) is 72.8 cm³/mol. The number of benzene rings is 2. The quantitative estimate of drug-likeness (QED) is 0.787. The normalized spacial score (nSPS) is 10.3. The van der Waals surface area contributed by atoms with Crippen LogP contribution in [0, 0.1) is 5.82 Å². The van der Waals surface area contributed by atoms with Gasteiger partial charge in [0, 0.05) is 6.07 Å². The third kappa shape index (κ3) is 2.72. The first-order valence-electron chi connectivity index (χ1n) is 5.37. The lowest BCUT2D eigenvalue weighted by Gasteiger charge is -2.08. The van der Waals surface area contributed by atoms with Crippen molar-refractivity contribution in [3.63, 3.8) is 0 Å². The first-order valence-corrected chi connectivity index (χ1v) is 6.12. The number of carbonyl (C=O) groups excluding carboxylic acids is 1. The number of halogens is 3. The minimum Gasteiger partial charge on any atom is -0.497 e. The fourth-order valence-corrected chi connectivity index (χ4v) is 2.23. The molecule has 2 aromatic carbocycles. The SMILES string of the molecule is COc1ccc(C(=O)c2c(Cl)cccc2Cl)c(F)c1. The van der Waals surface area contributed by atoms with Gasteiger partial charge in [-0.3, -0.25) is 4.79 Å². The average Bonchev–Trinajstić information content (AvgIpc) is 2.38. The van der Waals surface area contributed by atoms with E-state index in [0.29, 0.717) is 5.75 Å². The summed E-state index contributed by atoms with van der Waals surface area (Å²) in [6.45, 7) is 0. The Labute approximate surface area is 119 Å². The van der Waals surface area contributed by atoms with Crippen molar-refractivity contribution in [3.8, 4) is 5.75 Å². The van der Waals surface area contributed by atoms with E-state index in [9.17, 15) is 9.18 Å². The van der Waals surface area contributed by atoms with E-state index in [4.69, 9.17) is 27.9 Å². The van der Waals surface area contributed by atoms with E-state index >= 15 is 0 Å². The number of rotatable bonds is 3. The summed E-state index contributed by atoms with van der Waals surface area (Å²) in [4.78, 5) is 12.3. The molecule has 0 aliphatic carbocycles. The third-order valence-corrected chi connectivity index (χ3v) is 3.24. The van der Waals surface area contributed by atoms with E-state index in [1.54, 1.807) is 6.07 Å². The van der Waals surface area contributed by atoms with Gasteiger partial charge in [-0.1, -0.05) is 29.3 Å². The van der Waals surface area contributed by atoms with Gasteiger partial charge in [-0.2, -0.15) is 0 Å². The molecule has 0 unspecified atom stereocenters. The Bertz CT molecular complexity index is 621. The van der Waals surface area contributed by atoms with Crippen molar-refractivity contribution in [1.82, 2.24) is 0 Å². The maximum absolute atomic E-state index is 13.8. The Morgan fingerprint density at radius 1 is 1.16 bits per heavy atom. The van der Waals surface area contributed by atoms with Crippen LogP contribution in [0.25, 0.3) is 0 Å². The van der Waals surface area contributed by atoms with E-state index in [-0.39, 0.29) is 21.2 Å². The highest BCUT2D eigenvalue weighted by atomic mass is 35.5. The zero-order chi connectivity index (χ0) is 14.0. The molecule has 0 saturated heterocycles. The van der Waals surface area contributed by atoms with Gasteiger partial charge in [-0.05, 0) is 24.3 Å². The van der Waals surface area contributed by atoms with Crippen molar-refractivity contribution in [2.45, 2.75) is 0 Å². The topological polar surface area (TPSA) is 26.3 Å². The molecule has 0 spiro atoms. The molecule has 0 saturated carbocycles. The van der Waals surface area contributed by atoms with Crippen LogP contribution >= 0.6 is 23.2 Å². The molecule has 98 valence electrons. The maximum atomic E-state index is 13.8. The van der Waals surface area contributed by atoms with Crippen molar-refractivity contribution < 1.29 is 13.9 Å². The second-order valence-electron chi connectivity index (χ2n) is 3.77. The maximum Gasteiger partial charge on any atom is 0.198 e. The van der Waals surface area contributed by atoms with E-state index < -0.39 is 11.6 Å². The Hall–Kier alpha value is -1.58. The van der Waals surface area contributed by atoms with Gasteiger partial charge >= 0.3 is 0 Å². The monoisotopic (exact) mass is 298 g/mol. The molecule has 19 heavy (non-hydrogen) atoms. The molecule has 2 rings (SSSR count). The number of hydrogen-bond acceptors (Lipinski definition) is 2. The molecule has 5 heteroatoms. The first-order chi connectivity index (χ1) is 9.04. The number of methoxy groups -OCH3 is 1. The lowest BCUT2D eigenvalue weighted by atomic mass is 10.0. The summed E-state index contributed by atoms with van der Waals surface area (Å²) in [6.07, 6.45) is 0. The van der Waals surface area contributed by atoms with E-state index in [0.717, 1.165) is 6.07 Å². The minimum absolute atomic E-state index is 0.0925. The summed E-state index contributed by atoms with van der Waals surface area (Å²) in [6, 6.07) is 8.66. The summed E-state index contributed by atoms with van der Waals surface area (Å²) in [7, 11) is 1.42. The molecule has 0 N–H and O–H groups in total. The molecule has 0 heterocycles. The average molecular weight is 299 g/mol. The second kappa shape index (κ2) is 5.59. The number of carbonyl (C=O) groups is 1. The summed E-state index contributed by atoms with van der Waals surface area (Å²) in [5.74, 6) is -0.907. The Balaban J connectivity index is 2.51. The van der Waals surface area contributed by atoms with Gasteiger partial charge in [0.2, 0.25) is 0 Å². The van der Waals surface area contributed by atoms with E-state index in [1.807, 2.05) is 0 Å². The van der Waals surface area contributed by atoms with Gasteiger partial charge in [-0.25, -0.2) is 4.39 Å². The highest BCUT2D eigenvalue weighted by Gasteiger charge is 2.19. The third-order valence-electron chi connectivity index (χ3n) is 2.61. The first kappa shape index (κ1) is 13.8. The van der Waals surface area contributed by atoms with Crippen LogP contribution in [0.15, 0.2) is 36.4 Å². The van der Waals surface area contributed by atoms with Crippen molar-refractivity contribution in [1.29, 1.82) is 0 Å². The smallest absolute Gasteiger partial charge is 0.198 e. The molecule has 0 atom stereocenters. The van der Waals surface area contributed by atoms with Crippen molar-refractivity contribution in [3.05, 3.63) is 63.4 Å². The highest BCUT2D eigenvalue weighted by molar-refractivity contribution is 6.41. The van der Waals surface area contributed by atoms with Crippen LogP contribution < -0.4 is 4.74 Å².